The minimum atomic E-state index is -0.743. The molecule has 0 heterocycles. The van der Waals surface area contributed by atoms with E-state index in [1.807, 2.05) is 32.0 Å². The Kier molecular flexibility index (Phi) is 5.28. The number of carbonyl (C=O) groups is 1. The third kappa shape index (κ3) is 4.15. The molecule has 2 aromatic carbocycles. The Morgan fingerprint density at radius 1 is 1.18 bits per heavy atom. The van der Waals surface area contributed by atoms with E-state index in [1.54, 1.807) is 18.2 Å². The Bertz CT molecular complexity index is 640. The molecule has 0 bridgehead atoms. The van der Waals surface area contributed by atoms with Crippen LogP contribution in [0.5, 0.6) is 0 Å². The molecule has 0 radical (unpaired) electrons. The lowest BCUT2D eigenvalue weighted by Crippen LogP contribution is -2.34. The van der Waals surface area contributed by atoms with Crippen LogP contribution in [0.25, 0.3) is 0 Å². The second-order valence-electron chi connectivity index (χ2n) is 5.49. The molecule has 4 heteroatoms. The van der Waals surface area contributed by atoms with Gasteiger partial charge in [-0.15, -0.1) is 0 Å². The van der Waals surface area contributed by atoms with Crippen molar-refractivity contribution in [3.63, 3.8) is 0 Å². The molecule has 0 fully saturated rings. The molecule has 0 aliphatic heterocycles. The fraction of sp³-hybridized carbons (Fsp3) is 0.278. The lowest BCUT2D eigenvalue weighted by Gasteiger charge is -2.18. The van der Waals surface area contributed by atoms with Crippen molar-refractivity contribution in [2.75, 3.05) is 0 Å². The summed E-state index contributed by atoms with van der Waals surface area (Å²) in [6.45, 7) is 3.72. The predicted molar refractivity (Wildman–Crippen MR) is 84.1 cm³/mol. The van der Waals surface area contributed by atoms with E-state index in [1.165, 1.54) is 12.1 Å². The van der Waals surface area contributed by atoms with E-state index in [9.17, 15) is 14.3 Å². The zero-order chi connectivity index (χ0) is 16.1. The summed E-state index contributed by atoms with van der Waals surface area (Å²) in [5.74, 6) is -0.492. The molecule has 0 aliphatic carbocycles. The molecule has 2 rings (SSSR count). The van der Waals surface area contributed by atoms with E-state index in [0.29, 0.717) is 17.5 Å². The van der Waals surface area contributed by atoms with E-state index in [2.05, 4.69) is 5.32 Å². The number of amides is 1. The highest BCUT2D eigenvalue weighted by molar-refractivity contribution is 5.95. The smallest absolute Gasteiger partial charge is 0.251 e. The van der Waals surface area contributed by atoms with Crippen LogP contribution in [0.3, 0.4) is 0 Å². The molecule has 22 heavy (non-hydrogen) atoms. The highest BCUT2D eigenvalue weighted by Crippen LogP contribution is 2.19. The Morgan fingerprint density at radius 3 is 2.45 bits per heavy atom. The van der Waals surface area contributed by atoms with Crippen molar-refractivity contribution in [3.05, 3.63) is 71.0 Å². The second kappa shape index (κ2) is 7.18. The molecule has 0 saturated heterocycles. The number of aryl methyl sites for hydroxylation is 1. The van der Waals surface area contributed by atoms with Crippen LogP contribution < -0.4 is 5.32 Å². The summed E-state index contributed by atoms with van der Waals surface area (Å²) in [5.41, 5.74) is 2.18. The number of rotatable bonds is 5. The SMILES string of the molecule is Cc1ccccc1C(=O)NC(C)CC(O)c1ccc(F)cc1. The fourth-order valence-corrected chi connectivity index (χ4v) is 2.34. The molecule has 1 amide bonds. The topological polar surface area (TPSA) is 49.3 Å². The minimum absolute atomic E-state index is 0.156. The van der Waals surface area contributed by atoms with Crippen LogP contribution in [0, 0.1) is 12.7 Å². The van der Waals surface area contributed by atoms with Gasteiger partial charge in [-0.25, -0.2) is 4.39 Å². The molecule has 0 spiro atoms. The Hall–Kier alpha value is -2.20. The van der Waals surface area contributed by atoms with Gasteiger partial charge >= 0.3 is 0 Å². The van der Waals surface area contributed by atoms with E-state index in [-0.39, 0.29) is 17.8 Å². The maximum atomic E-state index is 12.9. The summed E-state index contributed by atoms with van der Waals surface area (Å²) < 4.78 is 12.9. The normalized spacial score (nSPS) is 13.5. The number of hydrogen-bond donors (Lipinski definition) is 2. The van der Waals surface area contributed by atoms with E-state index in [4.69, 9.17) is 0 Å². The number of carbonyl (C=O) groups excluding carboxylic acids is 1. The van der Waals surface area contributed by atoms with Gasteiger partial charge in [-0.2, -0.15) is 0 Å². The highest BCUT2D eigenvalue weighted by atomic mass is 19.1. The Balaban J connectivity index is 1.95. The Morgan fingerprint density at radius 2 is 1.82 bits per heavy atom. The predicted octanol–water partition coefficient (Wildman–Crippen LogP) is 3.38. The largest absolute Gasteiger partial charge is 0.388 e. The average Bonchev–Trinajstić information content (AvgIpc) is 2.48. The number of aliphatic hydroxyl groups is 1. The molecular weight excluding hydrogens is 281 g/mol. The average molecular weight is 301 g/mol. The van der Waals surface area contributed by atoms with Crippen molar-refractivity contribution >= 4 is 5.91 Å². The summed E-state index contributed by atoms with van der Waals surface area (Å²) in [6, 6.07) is 12.9. The van der Waals surface area contributed by atoms with Crippen molar-refractivity contribution in [3.8, 4) is 0 Å². The molecule has 2 atom stereocenters. The summed E-state index contributed by atoms with van der Waals surface area (Å²) in [4.78, 5) is 12.2. The molecule has 2 aromatic rings. The number of benzene rings is 2. The molecule has 0 saturated carbocycles. The van der Waals surface area contributed by atoms with Crippen molar-refractivity contribution in [2.45, 2.75) is 32.4 Å². The zero-order valence-electron chi connectivity index (χ0n) is 12.7. The van der Waals surface area contributed by atoms with Crippen LogP contribution in [0.4, 0.5) is 4.39 Å². The van der Waals surface area contributed by atoms with Gasteiger partial charge in [0.15, 0.2) is 0 Å². The fourth-order valence-electron chi connectivity index (χ4n) is 2.34. The van der Waals surface area contributed by atoms with Crippen LogP contribution in [0.15, 0.2) is 48.5 Å². The molecule has 116 valence electrons. The van der Waals surface area contributed by atoms with Crippen molar-refractivity contribution in [2.24, 2.45) is 0 Å². The maximum absolute atomic E-state index is 12.9. The molecular formula is C18H20FNO2. The van der Waals surface area contributed by atoms with Crippen molar-refractivity contribution < 1.29 is 14.3 Å². The molecule has 3 nitrogen and oxygen atoms in total. The van der Waals surface area contributed by atoms with Gasteiger partial charge in [-0.1, -0.05) is 30.3 Å². The number of nitrogens with one attached hydrogen (secondary N) is 1. The number of hydrogen-bond acceptors (Lipinski definition) is 2. The van der Waals surface area contributed by atoms with Gasteiger partial charge in [0.1, 0.15) is 5.82 Å². The maximum Gasteiger partial charge on any atom is 0.251 e. The molecule has 0 aromatic heterocycles. The lowest BCUT2D eigenvalue weighted by atomic mass is 10.0. The first-order chi connectivity index (χ1) is 10.5. The van der Waals surface area contributed by atoms with Crippen molar-refractivity contribution in [1.82, 2.24) is 5.32 Å². The summed E-state index contributed by atoms with van der Waals surface area (Å²) >= 11 is 0. The highest BCUT2D eigenvalue weighted by Gasteiger charge is 2.16. The molecule has 2 unspecified atom stereocenters. The van der Waals surface area contributed by atoms with Crippen LogP contribution in [-0.4, -0.2) is 17.1 Å². The van der Waals surface area contributed by atoms with E-state index in [0.717, 1.165) is 5.56 Å². The monoisotopic (exact) mass is 301 g/mol. The minimum Gasteiger partial charge on any atom is -0.388 e. The van der Waals surface area contributed by atoms with Gasteiger partial charge in [0, 0.05) is 11.6 Å². The van der Waals surface area contributed by atoms with Crippen molar-refractivity contribution in [1.29, 1.82) is 0 Å². The third-order valence-corrected chi connectivity index (χ3v) is 3.60. The third-order valence-electron chi connectivity index (χ3n) is 3.60. The van der Waals surface area contributed by atoms with Gasteiger partial charge in [0.05, 0.1) is 6.10 Å². The first-order valence-electron chi connectivity index (χ1n) is 7.27. The Labute approximate surface area is 129 Å². The molecule has 0 aliphatic rings. The lowest BCUT2D eigenvalue weighted by molar-refractivity contribution is 0.0916. The first-order valence-corrected chi connectivity index (χ1v) is 7.27. The van der Waals surface area contributed by atoms with Crippen LogP contribution in [0.1, 0.15) is 40.9 Å². The van der Waals surface area contributed by atoms with Gasteiger partial charge < -0.3 is 10.4 Å². The molecule has 2 N–H and O–H groups in total. The van der Waals surface area contributed by atoms with Gasteiger partial charge in [0.2, 0.25) is 0 Å². The van der Waals surface area contributed by atoms with E-state index >= 15 is 0 Å². The number of halogens is 1. The zero-order valence-corrected chi connectivity index (χ0v) is 12.7. The summed E-state index contributed by atoms with van der Waals surface area (Å²) in [6.07, 6.45) is -0.378. The second-order valence-corrected chi connectivity index (χ2v) is 5.49. The quantitative estimate of drug-likeness (QED) is 0.889. The van der Waals surface area contributed by atoms with E-state index < -0.39 is 6.10 Å². The summed E-state index contributed by atoms with van der Waals surface area (Å²) in [7, 11) is 0. The van der Waals surface area contributed by atoms with Gasteiger partial charge in [-0.05, 0) is 49.6 Å². The van der Waals surface area contributed by atoms with Crippen LogP contribution in [0.2, 0.25) is 0 Å². The van der Waals surface area contributed by atoms with Crippen LogP contribution in [-0.2, 0) is 0 Å². The number of aliphatic hydroxyl groups excluding tert-OH is 1. The van der Waals surface area contributed by atoms with Gasteiger partial charge in [0.25, 0.3) is 5.91 Å². The van der Waals surface area contributed by atoms with Crippen LogP contribution >= 0.6 is 0 Å². The first kappa shape index (κ1) is 16.2. The standard InChI is InChI=1S/C18H20FNO2/c1-12-5-3-4-6-16(12)18(22)20-13(2)11-17(21)14-7-9-15(19)10-8-14/h3-10,13,17,21H,11H2,1-2H3,(H,20,22). The van der Waals surface area contributed by atoms with Gasteiger partial charge in [-0.3, -0.25) is 4.79 Å². The summed E-state index contributed by atoms with van der Waals surface area (Å²) in [5, 5.41) is 13.0.